The van der Waals surface area contributed by atoms with Gasteiger partial charge in [-0.25, -0.2) is 0 Å². The molecule has 0 heterocycles. The van der Waals surface area contributed by atoms with Crippen LogP contribution in [-0.2, 0) is 16.0 Å². The van der Waals surface area contributed by atoms with E-state index < -0.39 is 0 Å². The van der Waals surface area contributed by atoms with Crippen molar-refractivity contribution in [1.82, 2.24) is 0 Å². The van der Waals surface area contributed by atoms with Crippen molar-refractivity contribution in [2.45, 2.75) is 122 Å². The van der Waals surface area contributed by atoms with Gasteiger partial charge >= 0.3 is 5.97 Å². The van der Waals surface area contributed by atoms with Gasteiger partial charge in [0, 0.05) is 6.42 Å². The molecule has 0 aromatic heterocycles. The summed E-state index contributed by atoms with van der Waals surface area (Å²) in [4.78, 5) is 13.0. The van der Waals surface area contributed by atoms with Crippen molar-refractivity contribution >= 4 is 28.6 Å². The van der Waals surface area contributed by atoms with Crippen LogP contribution in [0.4, 0.5) is 0 Å². The third-order valence-electron chi connectivity index (χ3n) is 12.1. The molecule has 4 aliphatic carbocycles. The van der Waals surface area contributed by atoms with E-state index in [-0.39, 0.29) is 16.0 Å². The number of ether oxygens (including phenoxy) is 1. The van der Waals surface area contributed by atoms with Gasteiger partial charge in [-0.05, 0) is 103 Å². The number of allylic oxidation sites excluding steroid dienone is 1. The summed E-state index contributed by atoms with van der Waals surface area (Å²) in [6.07, 6.45) is 17.8. The molecule has 0 saturated heterocycles. The van der Waals surface area contributed by atoms with Crippen LogP contribution in [0.1, 0.15) is 111 Å². The van der Waals surface area contributed by atoms with Gasteiger partial charge < -0.3 is 4.74 Å². The highest BCUT2D eigenvalue weighted by atomic mass is 127. The van der Waals surface area contributed by atoms with E-state index in [1.807, 2.05) is 18.2 Å². The maximum Gasteiger partial charge on any atom is 0.319 e. The summed E-state index contributed by atoms with van der Waals surface area (Å²) in [7, 11) is 0. The topological polar surface area (TPSA) is 26.3 Å². The number of carbonyl (C=O) groups is 1. The van der Waals surface area contributed by atoms with Crippen LogP contribution in [-0.4, -0.2) is 16.0 Å². The van der Waals surface area contributed by atoms with Crippen LogP contribution in [0.5, 0.6) is 0 Å². The van der Waals surface area contributed by atoms with E-state index in [4.69, 9.17) is 4.74 Å². The average molecular weight is 645 g/mol. The number of hydrogen-bond acceptors (Lipinski definition) is 2. The number of hydrogen-bond donors (Lipinski definition) is 0. The van der Waals surface area contributed by atoms with Gasteiger partial charge in [-0.2, -0.15) is 0 Å². The molecule has 2 nitrogen and oxygen atoms in total. The molecule has 4 aliphatic rings. The predicted molar refractivity (Wildman–Crippen MR) is 171 cm³/mol. The van der Waals surface area contributed by atoms with Gasteiger partial charge in [-0.3, -0.25) is 4.79 Å². The molecule has 0 spiro atoms. The predicted octanol–water partition coefficient (Wildman–Crippen LogP) is 9.99. The zero-order chi connectivity index (χ0) is 27.8. The molecule has 1 aromatic carbocycles. The number of fused-ring (bicyclic) bond motifs is 5. The van der Waals surface area contributed by atoms with Gasteiger partial charge in [-0.1, -0.05) is 118 Å². The van der Waals surface area contributed by atoms with Crippen molar-refractivity contribution < 1.29 is 9.53 Å². The van der Waals surface area contributed by atoms with Crippen molar-refractivity contribution in [3.8, 4) is 0 Å². The Kier molecular flexibility index (Phi) is 9.26. The summed E-state index contributed by atoms with van der Waals surface area (Å²) in [6.45, 7) is 12.6. The SMILES string of the molecule is CC(C)CCC[C@@H](C)[C@H]1CC[C@H]2[C@@H]3CC=C4C[C@H](OC(=O)[C@H](I)Cc5ccccc5)CC[C@]4(C)[C@H]3CC[C@]12C. The Bertz CT molecular complexity index is 1020. The summed E-state index contributed by atoms with van der Waals surface area (Å²) in [5, 5.41) is 0. The van der Waals surface area contributed by atoms with E-state index in [9.17, 15) is 4.79 Å². The largest absolute Gasteiger partial charge is 0.461 e. The quantitative estimate of drug-likeness (QED) is 0.116. The third kappa shape index (κ3) is 6.05. The lowest BCUT2D eigenvalue weighted by atomic mass is 9.47. The number of rotatable bonds is 9. The summed E-state index contributed by atoms with van der Waals surface area (Å²) in [5.41, 5.74) is 3.67. The molecule has 0 radical (unpaired) electrons. The Labute approximate surface area is 252 Å². The summed E-state index contributed by atoms with van der Waals surface area (Å²) < 4.78 is 6.02. The van der Waals surface area contributed by atoms with Crippen LogP contribution in [0, 0.1) is 46.3 Å². The Morgan fingerprint density at radius 2 is 1.77 bits per heavy atom. The molecule has 3 heteroatoms. The Morgan fingerprint density at radius 3 is 2.51 bits per heavy atom. The number of carbonyl (C=O) groups excluding carboxylic acids is 1. The molecular formula is C36H53IO2. The van der Waals surface area contributed by atoms with E-state index in [0.29, 0.717) is 10.8 Å². The molecule has 0 aliphatic heterocycles. The zero-order valence-electron chi connectivity index (χ0n) is 25.3. The minimum Gasteiger partial charge on any atom is -0.461 e. The van der Waals surface area contributed by atoms with Crippen LogP contribution in [0.15, 0.2) is 42.0 Å². The van der Waals surface area contributed by atoms with E-state index in [2.05, 4.69) is 75.4 Å². The maximum atomic E-state index is 13.0. The molecular weight excluding hydrogens is 591 g/mol. The molecule has 0 bridgehead atoms. The maximum absolute atomic E-state index is 13.0. The van der Waals surface area contributed by atoms with Crippen LogP contribution in [0.2, 0.25) is 0 Å². The third-order valence-corrected chi connectivity index (χ3v) is 13.0. The first-order valence-electron chi connectivity index (χ1n) is 16.2. The van der Waals surface area contributed by atoms with Gasteiger partial charge in [0.25, 0.3) is 0 Å². The van der Waals surface area contributed by atoms with Crippen molar-refractivity contribution in [3.63, 3.8) is 0 Å². The fourth-order valence-corrected chi connectivity index (χ4v) is 10.6. The van der Waals surface area contributed by atoms with Crippen molar-refractivity contribution in [1.29, 1.82) is 0 Å². The fourth-order valence-electron chi connectivity index (χ4n) is 9.90. The van der Waals surface area contributed by atoms with E-state index in [0.717, 1.165) is 54.8 Å². The van der Waals surface area contributed by atoms with Gasteiger partial charge in [-0.15, -0.1) is 0 Å². The molecule has 216 valence electrons. The average Bonchev–Trinajstić information content (AvgIpc) is 3.26. The van der Waals surface area contributed by atoms with Gasteiger partial charge in [0.15, 0.2) is 0 Å². The highest BCUT2D eigenvalue weighted by Crippen LogP contribution is 2.67. The first kappa shape index (κ1) is 29.6. The van der Waals surface area contributed by atoms with Crippen molar-refractivity contribution in [2.75, 3.05) is 0 Å². The molecule has 39 heavy (non-hydrogen) atoms. The Hall–Kier alpha value is -0.840. The molecule has 3 saturated carbocycles. The van der Waals surface area contributed by atoms with Crippen molar-refractivity contribution in [3.05, 3.63) is 47.5 Å². The van der Waals surface area contributed by atoms with Gasteiger partial charge in [0.05, 0.1) is 0 Å². The molecule has 0 N–H and O–H groups in total. The summed E-state index contributed by atoms with van der Waals surface area (Å²) in [5.74, 6) is 5.16. The minimum absolute atomic E-state index is 0.0321. The van der Waals surface area contributed by atoms with Crippen LogP contribution >= 0.6 is 22.6 Å². The molecule has 5 rings (SSSR count). The fraction of sp³-hybridized carbons (Fsp3) is 0.750. The number of halogens is 1. The first-order chi connectivity index (χ1) is 18.6. The molecule has 3 fully saturated rings. The molecule has 9 atom stereocenters. The molecule has 0 unspecified atom stereocenters. The summed E-state index contributed by atoms with van der Waals surface area (Å²) >= 11 is 2.27. The summed E-state index contributed by atoms with van der Waals surface area (Å²) in [6, 6.07) is 10.3. The lowest BCUT2D eigenvalue weighted by Crippen LogP contribution is -2.51. The molecule has 1 aromatic rings. The van der Waals surface area contributed by atoms with Gasteiger partial charge in [0.1, 0.15) is 10.0 Å². The second kappa shape index (κ2) is 12.2. The highest BCUT2D eigenvalue weighted by molar-refractivity contribution is 14.1. The second-order valence-corrected chi connectivity index (χ2v) is 16.3. The first-order valence-corrected chi connectivity index (χ1v) is 17.4. The van der Waals surface area contributed by atoms with Crippen LogP contribution < -0.4 is 0 Å². The normalized spacial score (nSPS) is 37.3. The van der Waals surface area contributed by atoms with Gasteiger partial charge in [0.2, 0.25) is 0 Å². The second-order valence-electron chi connectivity index (χ2n) is 14.7. The highest BCUT2D eigenvalue weighted by Gasteiger charge is 2.59. The number of esters is 1. The van der Waals surface area contributed by atoms with Crippen LogP contribution in [0.3, 0.4) is 0 Å². The Balaban J connectivity index is 1.21. The minimum atomic E-state index is -0.123. The van der Waals surface area contributed by atoms with Crippen molar-refractivity contribution in [2.24, 2.45) is 46.3 Å². The van der Waals surface area contributed by atoms with E-state index >= 15 is 0 Å². The smallest absolute Gasteiger partial charge is 0.319 e. The number of benzene rings is 1. The Morgan fingerprint density at radius 1 is 1.00 bits per heavy atom. The lowest BCUT2D eigenvalue weighted by Gasteiger charge is -2.58. The lowest BCUT2D eigenvalue weighted by molar-refractivity contribution is -0.150. The standard InChI is InChI=1S/C36H53IO2/c1-24(2)10-9-11-25(3)30-16-17-31-29-15-14-27-23-28(18-20-35(27,4)32(29)19-21-36(30,31)5)39-34(38)33(37)22-26-12-7-6-8-13-26/h6-8,12-14,24-25,28-33H,9-11,15-23H2,1-5H3/t25-,28-,29+,30-,31+,32+,33-,35+,36-/m1/s1. The monoisotopic (exact) mass is 644 g/mol. The zero-order valence-corrected chi connectivity index (χ0v) is 27.4. The van der Waals surface area contributed by atoms with E-state index in [1.165, 1.54) is 63.4 Å². The number of alkyl halides is 1. The molecule has 0 amide bonds. The van der Waals surface area contributed by atoms with Crippen LogP contribution in [0.25, 0.3) is 0 Å². The van der Waals surface area contributed by atoms with E-state index in [1.54, 1.807) is 5.57 Å².